The SMILES string of the molecule is CC1CCC(SOO)CC1. The van der Waals surface area contributed by atoms with Gasteiger partial charge in [0.1, 0.15) is 0 Å². The zero-order valence-corrected chi connectivity index (χ0v) is 7.06. The van der Waals surface area contributed by atoms with Crippen LogP contribution in [0.1, 0.15) is 32.6 Å². The highest BCUT2D eigenvalue weighted by molar-refractivity contribution is 7.95. The molecule has 1 fully saturated rings. The minimum absolute atomic E-state index is 0.529. The fourth-order valence-electron chi connectivity index (χ4n) is 1.39. The first kappa shape index (κ1) is 8.37. The van der Waals surface area contributed by atoms with Crippen LogP contribution >= 0.6 is 12.0 Å². The smallest absolute Gasteiger partial charge is 0.0345 e. The van der Waals surface area contributed by atoms with Crippen molar-refractivity contribution in [3.8, 4) is 0 Å². The summed E-state index contributed by atoms with van der Waals surface area (Å²) in [4.78, 5) is 0. The molecule has 0 aromatic carbocycles. The predicted octanol–water partition coefficient (Wildman–Crippen LogP) is 2.70. The Morgan fingerprint density at radius 3 is 2.40 bits per heavy atom. The maximum absolute atomic E-state index is 8.15. The van der Waals surface area contributed by atoms with E-state index in [0.29, 0.717) is 5.25 Å². The fourth-order valence-corrected chi connectivity index (χ4v) is 1.97. The Bertz CT molecular complexity index is 89.6. The summed E-state index contributed by atoms with van der Waals surface area (Å²) in [7, 11) is 0. The normalized spacial score (nSPS) is 34.2. The molecule has 0 radical (unpaired) electrons. The third kappa shape index (κ3) is 2.48. The second-order valence-electron chi connectivity index (χ2n) is 3.05. The highest BCUT2D eigenvalue weighted by atomic mass is 32.2. The molecule has 1 aliphatic rings. The van der Waals surface area contributed by atoms with Gasteiger partial charge < -0.3 is 0 Å². The van der Waals surface area contributed by atoms with Crippen LogP contribution in [0.25, 0.3) is 0 Å². The summed E-state index contributed by atoms with van der Waals surface area (Å²) in [5.74, 6) is 0.871. The molecule has 3 heteroatoms. The Labute approximate surface area is 66.1 Å². The number of hydrogen-bond donors (Lipinski definition) is 1. The summed E-state index contributed by atoms with van der Waals surface area (Å²) in [6, 6.07) is 0. The van der Waals surface area contributed by atoms with E-state index in [4.69, 9.17) is 5.26 Å². The third-order valence-corrected chi connectivity index (χ3v) is 2.97. The van der Waals surface area contributed by atoms with Gasteiger partial charge in [0.25, 0.3) is 0 Å². The van der Waals surface area contributed by atoms with E-state index >= 15 is 0 Å². The molecule has 1 N–H and O–H groups in total. The summed E-state index contributed by atoms with van der Waals surface area (Å²) >= 11 is 1.21. The van der Waals surface area contributed by atoms with Gasteiger partial charge in [0.05, 0.1) is 0 Å². The van der Waals surface area contributed by atoms with Crippen molar-refractivity contribution >= 4 is 12.0 Å². The van der Waals surface area contributed by atoms with Gasteiger partial charge in [-0.05, 0) is 31.6 Å². The molecule has 60 valence electrons. The number of hydrogen-bond acceptors (Lipinski definition) is 3. The lowest BCUT2D eigenvalue weighted by atomic mass is 9.91. The molecule has 0 unspecified atom stereocenters. The molecular formula is C7H14O2S. The lowest BCUT2D eigenvalue weighted by Gasteiger charge is -2.23. The lowest BCUT2D eigenvalue weighted by molar-refractivity contribution is -0.117. The standard InChI is InChI=1S/C7H14O2S/c1-6-2-4-7(5-3-6)10-9-8/h6-8H,2-5H2,1H3. The Hall–Kier alpha value is 0.270. The maximum atomic E-state index is 8.15. The Morgan fingerprint density at radius 2 is 1.90 bits per heavy atom. The molecule has 0 heterocycles. The first-order valence-corrected chi connectivity index (χ1v) is 4.60. The average molecular weight is 162 g/mol. The molecule has 0 bridgehead atoms. The summed E-state index contributed by atoms with van der Waals surface area (Å²) in [5, 5.41) is 8.68. The van der Waals surface area contributed by atoms with Gasteiger partial charge in [0, 0.05) is 17.3 Å². The Kier molecular flexibility index (Phi) is 3.52. The van der Waals surface area contributed by atoms with Crippen LogP contribution in [-0.4, -0.2) is 10.5 Å². The minimum Gasteiger partial charge on any atom is -0.239 e. The van der Waals surface area contributed by atoms with Crippen molar-refractivity contribution in [1.29, 1.82) is 0 Å². The second-order valence-corrected chi connectivity index (χ2v) is 4.06. The van der Waals surface area contributed by atoms with Gasteiger partial charge in [0.2, 0.25) is 0 Å². The first-order chi connectivity index (χ1) is 4.83. The zero-order chi connectivity index (χ0) is 7.40. The average Bonchev–Trinajstić information content (AvgIpc) is 1.95. The molecule has 0 aromatic heterocycles. The van der Waals surface area contributed by atoms with Crippen LogP contribution in [0.4, 0.5) is 0 Å². The Balaban J connectivity index is 2.13. The molecular weight excluding hydrogens is 148 g/mol. The monoisotopic (exact) mass is 162 g/mol. The molecule has 1 rings (SSSR count). The van der Waals surface area contributed by atoms with Crippen molar-refractivity contribution in [2.45, 2.75) is 37.9 Å². The molecule has 1 aliphatic carbocycles. The van der Waals surface area contributed by atoms with E-state index in [2.05, 4.69) is 11.3 Å². The van der Waals surface area contributed by atoms with Crippen LogP contribution in [0.2, 0.25) is 0 Å². The van der Waals surface area contributed by atoms with E-state index in [0.717, 1.165) is 5.92 Å². The molecule has 0 aliphatic heterocycles. The van der Waals surface area contributed by atoms with Crippen LogP contribution < -0.4 is 0 Å². The third-order valence-electron chi connectivity index (χ3n) is 2.14. The molecule has 10 heavy (non-hydrogen) atoms. The van der Waals surface area contributed by atoms with Gasteiger partial charge in [-0.15, -0.1) is 0 Å². The largest absolute Gasteiger partial charge is 0.239 e. The van der Waals surface area contributed by atoms with E-state index in [1.165, 1.54) is 37.7 Å². The van der Waals surface area contributed by atoms with Crippen molar-refractivity contribution in [2.75, 3.05) is 0 Å². The van der Waals surface area contributed by atoms with Crippen molar-refractivity contribution in [1.82, 2.24) is 0 Å². The highest BCUT2D eigenvalue weighted by Gasteiger charge is 2.18. The summed E-state index contributed by atoms with van der Waals surface area (Å²) < 4.78 is 4.03. The number of rotatable bonds is 2. The van der Waals surface area contributed by atoms with Gasteiger partial charge in [-0.25, -0.2) is 5.26 Å². The van der Waals surface area contributed by atoms with Gasteiger partial charge in [-0.3, -0.25) is 0 Å². The van der Waals surface area contributed by atoms with Crippen LogP contribution in [0, 0.1) is 5.92 Å². The summed E-state index contributed by atoms with van der Waals surface area (Å²) in [6.07, 6.45) is 4.93. The quantitative estimate of drug-likeness (QED) is 0.384. The van der Waals surface area contributed by atoms with Crippen LogP contribution in [-0.2, 0) is 4.33 Å². The lowest BCUT2D eigenvalue weighted by Crippen LogP contribution is -2.13. The fraction of sp³-hybridized carbons (Fsp3) is 1.00. The zero-order valence-electron chi connectivity index (χ0n) is 6.25. The summed E-state index contributed by atoms with van der Waals surface area (Å²) in [5.41, 5.74) is 0. The van der Waals surface area contributed by atoms with E-state index in [1.54, 1.807) is 0 Å². The van der Waals surface area contributed by atoms with Crippen molar-refractivity contribution in [2.24, 2.45) is 5.92 Å². The van der Waals surface area contributed by atoms with Gasteiger partial charge in [-0.2, -0.15) is 4.33 Å². The Morgan fingerprint density at radius 1 is 1.30 bits per heavy atom. The van der Waals surface area contributed by atoms with Gasteiger partial charge >= 0.3 is 0 Å². The first-order valence-electron chi connectivity index (χ1n) is 3.80. The molecule has 0 saturated heterocycles. The van der Waals surface area contributed by atoms with E-state index < -0.39 is 0 Å². The summed E-state index contributed by atoms with van der Waals surface area (Å²) in [6.45, 7) is 2.28. The topological polar surface area (TPSA) is 29.5 Å². The predicted molar refractivity (Wildman–Crippen MR) is 42.7 cm³/mol. The van der Waals surface area contributed by atoms with Gasteiger partial charge in [0.15, 0.2) is 0 Å². The molecule has 0 aromatic rings. The van der Waals surface area contributed by atoms with Crippen molar-refractivity contribution in [3.63, 3.8) is 0 Å². The van der Waals surface area contributed by atoms with Crippen LogP contribution in [0.15, 0.2) is 0 Å². The van der Waals surface area contributed by atoms with Crippen molar-refractivity contribution < 1.29 is 9.59 Å². The molecule has 0 spiro atoms. The second kappa shape index (κ2) is 4.21. The van der Waals surface area contributed by atoms with E-state index in [-0.39, 0.29) is 0 Å². The van der Waals surface area contributed by atoms with Gasteiger partial charge in [-0.1, -0.05) is 6.92 Å². The van der Waals surface area contributed by atoms with Crippen molar-refractivity contribution in [3.05, 3.63) is 0 Å². The molecule has 0 amide bonds. The minimum atomic E-state index is 0.529. The highest BCUT2D eigenvalue weighted by Crippen LogP contribution is 2.31. The molecule has 0 atom stereocenters. The van der Waals surface area contributed by atoms with Crippen LogP contribution in [0.3, 0.4) is 0 Å². The van der Waals surface area contributed by atoms with E-state index in [9.17, 15) is 0 Å². The molecule has 1 saturated carbocycles. The maximum Gasteiger partial charge on any atom is 0.0345 e. The van der Waals surface area contributed by atoms with E-state index in [1.807, 2.05) is 0 Å². The van der Waals surface area contributed by atoms with Crippen LogP contribution in [0.5, 0.6) is 0 Å². The molecule has 2 nitrogen and oxygen atoms in total.